The van der Waals surface area contributed by atoms with Crippen LogP contribution in [0.1, 0.15) is 49.5 Å². The van der Waals surface area contributed by atoms with Gasteiger partial charge in [0.2, 0.25) is 0 Å². The van der Waals surface area contributed by atoms with Crippen molar-refractivity contribution in [2.75, 3.05) is 26.8 Å². The molecule has 1 heterocycles. The van der Waals surface area contributed by atoms with Crippen molar-refractivity contribution in [2.45, 2.75) is 38.3 Å². The van der Waals surface area contributed by atoms with Crippen molar-refractivity contribution in [3.05, 3.63) is 65.5 Å². The number of guanidine groups is 1. The van der Waals surface area contributed by atoms with Gasteiger partial charge in [-0.05, 0) is 55.4 Å². The number of benzene rings is 2. The van der Waals surface area contributed by atoms with Crippen LogP contribution < -0.4 is 15.4 Å². The molecule has 0 radical (unpaired) electrons. The van der Waals surface area contributed by atoms with Crippen molar-refractivity contribution >= 4 is 29.9 Å². The minimum atomic E-state index is -0.316. The number of ether oxygens (including phenoxy) is 2. The van der Waals surface area contributed by atoms with E-state index in [1.165, 1.54) is 18.4 Å². The highest BCUT2D eigenvalue weighted by Crippen LogP contribution is 2.34. The lowest BCUT2D eigenvalue weighted by atomic mass is 9.95. The zero-order valence-corrected chi connectivity index (χ0v) is 21.1. The fraction of sp³-hybridized carbons (Fsp3) is 0.480. The summed E-state index contributed by atoms with van der Waals surface area (Å²) in [7, 11) is 1.75. The first-order chi connectivity index (χ1) is 15.1. The van der Waals surface area contributed by atoms with Gasteiger partial charge in [-0.2, -0.15) is 0 Å². The van der Waals surface area contributed by atoms with Crippen LogP contribution in [0.25, 0.3) is 0 Å². The lowest BCUT2D eigenvalue weighted by Gasteiger charge is -2.23. The normalized spacial score (nSPS) is 21.5. The zero-order chi connectivity index (χ0) is 21.6. The van der Waals surface area contributed by atoms with E-state index in [9.17, 15) is 4.39 Å². The highest BCUT2D eigenvalue weighted by Gasteiger charge is 2.29. The second-order valence-electron chi connectivity index (χ2n) is 8.51. The Bertz CT molecular complexity index is 892. The summed E-state index contributed by atoms with van der Waals surface area (Å²) in [5.41, 5.74) is 2.06. The predicted molar refractivity (Wildman–Crippen MR) is 136 cm³/mol. The number of halogens is 2. The van der Waals surface area contributed by atoms with Crippen LogP contribution in [0, 0.1) is 17.7 Å². The maximum atomic E-state index is 14.4. The first-order valence-electron chi connectivity index (χ1n) is 11.2. The maximum Gasteiger partial charge on any atom is 0.191 e. The quantitative estimate of drug-likeness (QED) is 0.267. The van der Waals surface area contributed by atoms with Gasteiger partial charge >= 0.3 is 0 Å². The Labute approximate surface area is 207 Å². The molecule has 2 aliphatic rings. The van der Waals surface area contributed by atoms with Crippen LogP contribution >= 0.6 is 24.0 Å². The van der Waals surface area contributed by atoms with Crippen LogP contribution in [0.4, 0.5) is 4.39 Å². The average molecular weight is 553 g/mol. The summed E-state index contributed by atoms with van der Waals surface area (Å²) in [4.78, 5) is 4.34. The van der Waals surface area contributed by atoms with Gasteiger partial charge in [-0.3, -0.25) is 4.99 Å². The molecule has 3 atom stereocenters. The van der Waals surface area contributed by atoms with Crippen LogP contribution in [0.3, 0.4) is 0 Å². The molecule has 1 aliphatic carbocycles. The van der Waals surface area contributed by atoms with Gasteiger partial charge in [0.15, 0.2) is 17.5 Å². The fourth-order valence-corrected chi connectivity index (χ4v) is 3.96. The van der Waals surface area contributed by atoms with Crippen molar-refractivity contribution < 1.29 is 13.9 Å². The predicted octanol–water partition coefficient (Wildman–Crippen LogP) is 5.24. The van der Waals surface area contributed by atoms with Gasteiger partial charge in [-0.25, -0.2) is 4.39 Å². The molecular weight excluding hydrogens is 520 g/mol. The molecule has 2 aromatic carbocycles. The molecule has 1 saturated heterocycles. The summed E-state index contributed by atoms with van der Waals surface area (Å²) in [5.74, 6) is 1.68. The molecular formula is C25H33FIN3O2. The highest BCUT2D eigenvalue weighted by atomic mass is 127. The molecule has 4 rings (SSSR count). The molecule has 0 spiro atoms. The van der Waals surface area contributed by atoms with E-state index in [4.69, 9.17) is 9.47 Å². The molecule has 2 N–H and O–H groups in total. The number of aliphatic imine (C=N–C) groups is 1. The molecule has 3 unspecified atom stereocenters. The largest absolute Gasteiger partial charge is 0.490 e. The Morgan fingerprint density at radius 3 is 2.66 bits per heavy atom. The SMILES string of the molecule is CN=C(NCC1CCOC1c1ccccc1)NC(C)c1ccc(OCC2CC2)c(F)c1.I. The zero-order valence-electron chi connectivity index (χ0n) is 18.7. The van der Waals surface area contributed by atoms with E-state index in [0.717, 1.165) is 25.1 Å². The van der Waals surface area contributed by atoms with Gasteiger partial charge in [0.05, 0.1) is 18.8 Å². The van der Waals surface area contributed by atoms with E-state index in [-0.39, 0.29) is 41.9 Å². The van der Waals surface area contributed by atoms with Crippen LogP contribution in [0.15, 0.2) is 53.5 Å². The third-order valence-corrected chi connectivity index (χ3v) is 6.08. The molecule has 32 heavy (non-hydrogen) atoms. The second kappa shape index (κ2) is 11.8. The monoisotopic (exact) mass is 553 g/mol. The fourth-order valence-electron chi connectivity index (χ4n) is 3.96. The Morgan fingerprint density at radius 2 is 1.97 bits per heavy atom. The van der Waals surface area contributed by atoms with E-state index in [0.29, 0.717) is 30.2 Å². The summed E-state index contributed by atoms with van der Waals surface area (Å²) in [6, 6.07) is 15.4. The second-order valence-corrected chi connectivity index (χ2v) is 8.51. The molecule has 7 heteroatoms. The van der Waals surface area contributed by atoms with E-state index in [1.807, 2.05) is 31.2 Å². The Kier molecular flexibility index (Phi) is 9.16. The summed E-state index contributed by atoms with van der Waals surface area (Å²) >= 11 is 0. The van der Waals surface area contributed by atoms with Crippen molar-refractivity contribution in [3.63, 3.8) is 0 Å². The number of nitrogens with zero attached hydrogens (tertiary/aromatic N) is 1. The van der Waals surface area contributed by atoms with E-state index in [2.05, 4.69) is 27.8 Å². The third kappa shape index (κ3) is 6.57. The first kappa shape index (κ1) is 24.8. The van der Waals surface area contributed by atoms with Gasteiger partial charge in [-0.15, -0.1) is 24.0 Å². The first-order valence-corrected chi connectivity index (χ1v) is 11.2. The molecule has 0 bridgehead atoms. The van der Waals surface area contributed by atoms with Gasteiger partial charge in [0, 0.05) is 26.1 Å². The number of hydrogen-bond donors (Lipinski definition) is 2. The van der Waals surface area contributed by atoms with Crippen molar-refractivity contribution in [2.24, 2.45) is 16.8 Å². The summed E-state index contributed by atoms with van der Waals surface area (Å²) in [5, 5.41) is 6.78. The molecule has 1 saturated carbocycles. The minimum Gasteiger partial charge on any atom is -0.490 e. The number of nitrogens with one attached hydrogen (secondary N) is 2. The van der Waals surface area contributed by atoms with E-state index < -0.39 is 0 Å². The molecule has 174 valence electrons. The lowest BCUT2D eigenvalue weighted by molar-refractivity contribution is 0.0915. The van der Waals surface area contributed by atoms with E-state index in [1.54, 1.807) is 19.2 Å². The van der Waals surface area contributed by atoms with E-state index >= 15 is 0 Å². The van der Waals surface area contributed by atoms with Crippen molar-refractivity contribution in [3.8, 4) is 5.75 Å². The maximum absolute atomic E-state index is 14.4. The van der Waals surface area contributed by atoms with Crippen LogP contribution in [-0.2, 0) is 4.74 Å². The Hall–Kier alpha value is -1.87. The van der Waals surface area contributed by atoms with Gasteiger partial charge in [0.1, 0.15) is 0 Å². The highest BCUT2D eigenvalue weighted by molar-refractivity contribution is 14.0. The smallest absolute Gasteiger partial charge is 0.191 e. The molecule has 5 nitrogen and oxygen atoms in total. The Morgan fingerprint density at radius 1 is 1.19 bits per heavy atom. The Balaban J connectivity index is 0.00000289. The molecule has 2 fully saturated rings. The lowest BCUT2D eigenvalue weighted by Crippen LogP contribution is -2.41. The molecule has 1 aliphatic heterocycles. The summed E-state index contributed by atoms with van der Waals surface area (Å²) < 4.78 is 26.0. The van der Waals surface area contributed by atoms with Crippen molar-refractivity contribution in [1.82, 2.24) is 10.6 Å². The number of rotatable bonds is 8. The van der Waals surface area contributed by atoms with Crippen LogP contribution in [-0.4, -0.2) is 32.8 Å². The molecule has 2 aromatic rings. The number of hydrogen-bond acceptors (Lipinski definition) is 3. The summed E-state index contributed by atoms with van der Waals surface area (Å²) in [6.07, 6.45) is 3.48. The van der Waals surface area contributed by atoms with Gasteiger partial charge in [-0.1, -0.05) is 36.4 Å². The van der Waals surface area contributed by atoms with Gasteiger partial charge < -0.3 is 20.1 Å². The topological polar surface area (TPSA) is 54.9 Å². The standard InChI is InChI=1S/C25H32FN3O2.HI/c1-17(20-10-11-23(22(26)14-20)31-16-18-8-9-18)29-25(27-2)28-15-21-12-13-30-24(21)19-6-4-3-5-7-19;/h3-7,10-11,14,17-18,21,24H,8-9,12-13,15-16H2,1-2H3,(H2,27,28,29);1H. The minimum absolute atomic E-state index is 0. The molecule has 0 aromatic heterocycles. The van der Waals surface area contributed by atoms with Gasteiger partial charge in [0.25, 0.3) is 0 Å². The van der Waals surface area contributed by atoms with Crippen LogP contribution in [0.5, 0.6) is 5.75 Å². The average Bonchev–Trinajstić information content (AvgIpc) is 3.51. The third-order valence-electron chi connectivity index (χ3n) is 6.08. The van der Waals surface area contributed by atoms with Crippen molar-refractivity contribution in [1.29, 1.82) is 0 Å². The summed E-state index contributed by atoms with van der Waals surface area (Å²) in [6.45, 7) is 4.13. The van der Waals surface area contributed by atoms with Crippen LogP contribution in [0.2, 0.25) is 0 Å². The molecule has 0 amide bonds.